The monoisotopic (exact) mass is 305 g/mol. The molecule has 0 aliphatic rings. The van der Waals surface area contributed by atoms with Gasteiger partial charge >= 0.3 is 0 Å². The van der Waals surface area contributed by atoms with Crippen LogP contribution in [0.3, 0.4) is 0 Å². The van der Waals surface area contributed by atoms with Crippen molar-refractivity contribution in [3.8, 4) is 5.75 Å². The minimum atomic E-state index is -3.76. The van der Waals surface area contributed by atoms with Gasteiger partial charge in [-0.15, -0.1) is 6.58 Å². The lowest BCUT2D eigenvalue weighted by atomic mass is 10.2. The van der Waals surface area contributed by atoms with Gasteiger partial charge in [0.2, 0.25) is 10.0 Å². The van der Waals surface area contributed by atoms with Crippen LogP contribution in [0.4, 0.5) is 0 Å². The van der Waals surface area contributed by atoms with Crippen LogP contribution in [0, 0.1) is 0 Å². The fraction of sp³-hybridized carbons (Fsp3) is 0.333. The number of aliphatic hydroxyl groups is 1. The minimum absolute atomic E-state index is 0.0732. The number of likely N-dealkylation sites (N-methyl/N-ethyl adjacent to an activating group) is 1. The summed E-state index contributed by atoms with van der Waals surface area (Å²) in [5.74, 6) is 0.0998. The number of aliphatic hydroxyl groups excluding tert-OH is 1. The van der Waals surface area contributed by atoms with Crippen molar-refractivity contribution < 1.29 is 18.3 Å². The van der Waals surface area contributed by atoms with Crippen LogP contribution >= 0.6 is 11.6 Å². The molecule has 0 unspecified atom stereocenters. The Morgan fingerprint density at radius 2 is 2.16 bits per heavy atom. The zero-order valence-corrected chi connectivity index (χ0v) is 12.3. The quantitative estimate of drug-likeness (QED) is 0.812. The summed E-state index contributed by atoms with van der Waals surface area (Å²) < 4.78 is 31.0. The first-order valence-corrected chi connectivity index (χ1v) is 7.24. The molecule has 5 nitrogen and oxygen atoms in total. The molecule has 0 amide bonds. The van der Waals surface area contributed by atoms with Crippen molar-refractivity contribution in [3.05, 3.63) is 35.4 Å². The number of rotatable bonds is 6. The summed E-state index contributed by atoms with van der Waals surface area (Å²) in [6.07, 6.45) is 1.47. The average molecular weight is 306 g/mol. The molecule has 0 bridgehead atoms. The summed E-state index contributed by atoms with van der Waals surface area (Å²) in [6, 6.07) is 2.77. The number of nitrogens with zero attached hydrogens (tertiary/aromatic N) is 1. The number of sulfonamides is 1. The number of hydrogen-bond donors (Lipinski definition) is 1. The summed E-state index contributed by atoms with van der Waals surface area (Å²) in [5, 5.41) is 9.46. The molecule has 1 rings (SSSR count). The molecule has 0 aromatic heterocycles. The van der Waals surface area contributed by atoms with E-state index in [-0.39, 0.29) is 28.8 Å². The van der Waals surface area contributed by atoms with Crippen LogP contribution in [0.15, 0.2) is 29.7 Å². The Morgan fingerprint density at radius 3 is 2.63 bits per heavy atom. The second-order valence-electron chi connectivity index (χ2n) is 3.83. The Hall–Kier alpha value is -1.08. The van der Waals surface area contributed by atoms with E-state index in [0.717, 1.165) is 4.31 Å². The van der Waals surface area contributed by atoms with E-state index < -0.39 is 10.0 Å². The number of ether oxygens (including phenoxy) is 1. The van der Waals surface area contributed by atoms with Crippen molar-refractivity contribution in [1.82, 2.24) is 4.31 Å². The standard InChI is InChI=1S/C12H16ClNO4S/c1-4-5-14(2)19(16,17)11-7-10(13)6-9(8-15)12(11)18-3/h4,6-7,15H,1,5,8H2,2-3H3. The van der Waals surface area contributed by atoms with E-state index in [4.69, 9.17) is 16.3 Å². The average Bonchev–Trinajstić information content (AvgIpc) is 2.37. The van der Waals surface area contributed by atoms with Gasteiger partial charge in [-0.05, 0) is 12.1 Å². The Morgan fingerprint density at radius 1 is 1.53 bits per heavy atom. The van der Waals surface area contributed by atoms with Gasteiger partial charge in [-0.3, -0.25) is 0 Å². The third kappa shape index (κ3) is 3.27. The molecule has 1 aromatic rings. The number of benzene rings is 1. The van der Waals surface area contributed by atoms with Gasteiger partial charge < -0.3 is 9.84 Å². The van der Waals surface area contributed by atoms with Crippen LogP contribution in [-0.4, -0.2) is 38.5 Å². The molecule has 0 radical (unpaired) electrons. The highest BCUT2D eigenvalue weighted by molar-refractivity contribution is 7.89. The molecule has 0 saturated heterocycles. The second kappa shape index (κ2) is 6.38. The van der Waals surface area contributed by atoms with Crippen LogP contribution in [0.25, 0.3) is 0 Å². The van der Waals surface area contributed by atoms with Gasteiger partial charge in [0.15, 0.2) is 0 Å². The van der Waals surface area contributed by atoms with E-state index in [0.29, 0.717) is 5.56 Å². The first-order valence-electron chi connectivity index (χ1n) is 5.43. The van der Waals surface area contributed by atoms with Crippen molar-refractivity contribution >= 4 is 21.6 Å². The Bertz CT molecular complexity index is 571. The predicted molar refractivity (Wildman–Crippen MR) is 73.9 cm³/mol. The summed E-state index contributed by atoms with van der Waals surface area (Å²) in [7, 11) is -0.989. The lowest BCUT2D eigenvalue weighted by molar-refractivity contribution is 0.272. The van der Waals surface area contributed by atoms with Gasteiger partial charge in [-0.1, -0.05) is 17.7 Å². The highest BCUT2D eigenvalue weighted by atomic mass is 35.5. The van der Waals surface area contributed by atoms with Gasteiger partial charge in [-0.2, -0.15) is 4.31 Å². The van der Waals surface area contributed by atoms with E-state index in [1.807, 2.05) is 0 Å². The molecular formula is C12H16ClNO4S. The molecule has 0 spiro atoms. The summed E-state index contributed by atoms with van der Waals surface area (Å²) >= 11 is 5.88. The van der Waals surface area contributed by atoms with Crippen LogP contribution < -0.4 is 4.74 Å². The predicted octanol–water partition coefficient (Wildman–Crippen LogP) is 1.65. The lowest BCUT2D eigenvalue weighted by Gasteiger charge is -2.19. The van der Waals surface area contributed by atoms with Crippen LogP contribution in [0.1, 0.15) is 5.56 Å². The van der Waals surface area contributed by atoms with Crippen molar-refractivity contribution in [2.75, 3.05) is 20.7 Å². The minimum Gasteiger partial charge on any atom is -0.495 e. The number of halogens is 1. The Labute approximate surface area is 118 Å². The first-order chi connectivity index (χ1) is 8.88. The van der Waals surface area contributed by atoms with Crippen LogP contribution in [-0.2, 0) is 16.6 Å². The molecule has 1 N–H and O–H groups in total. The van der Waals surface area contributed by atoms with Crippen molar-refractivity contribution in [3.63, 3.8) is 0 Å². The molecule has 0 saturated carbocycles. The maximum Gasteiger partial charge on any atom is 0.246 e. The van der Waals surface area contributed by atoms with Gasteiger partial charge in [0.1, 0.15) is 10.6 Å². The molecule has 0 fully saturated rings. The highest BCUT2D eigenvalue weighted by Gasteiger charge is 2.26. The van der Waals surface area contributed by atoms with Crippen molar-refractivity contribution in [2.24, 2.45) is 0 Å². The van der Waals surface area contributed by atoms with Gasteiger partial charge in [0.05, 0.1) is 13.7 Å². The largest absolute Gasteiger partial charge is 0.495 e. The zero-order chi connectivity index (χ0) is 14.6. The van der Waals surface area contributed by atoms with Crippen LogP contribution in [0.2, 0.25) is 5.02 Å². The van der Waals surface area contributed by atoms with Crippen LogP contribution in [0.5, 0.6) is 5.75 Å². The second-order valence-corrected chi connectivity index (χ2v) is 6.28. The normalized spacial score (nSPS) is 11.6. The number of hydrogen-bond acceptors (Lipinski definition) is 4. The van der Waals surface area contributed by atoms with Gasteiger partial charge in [0, 0.05) is 24.2 Å². The first kappa shape index (κ1) is 16.0. The zero-order valence-electron chi connectivity index (χ0n) is 10.8. The van der Waals surface area contributed by atoms with E-state index in [9.17, 15) is 13.5 Å². The topological polar surface area (TPSA) is 66.8 Å². The summed E-state index contributed by atoms with van der Waals surface area (Å²) in [5.41, 5.74) is 0.320. The smallest absolute Gasteiger partial charge is 0.246 e. The molecule has 0 aliphatic heterocycles. The fourth-order valence-electron chi connectivity index (χ4n) is 1.61. The molecule has 1 aromatic carbocycles. The molecule has 106 valence electrons. The third-order valence-electron chi connectivity index (χ3n) is 2.55. The Balaban J connectivity index is 3.49. The third-order valence-corrected chi connectivity index (χ3v) is 4.59. The summed E-state index contributed by atoms with van der Waals surface area (Å²) in [4.78, 5) is -0.0732. The molecule has 7 heteroatoms. The van der Waals surface area contributed by atoms with E-state index in [1.54, 1.807) is 0 Å². The Kier molecular flexibility index (Phi) is 5.37. The molecular weight excluding hydrogens is 290 g/mol. The van der Waals surface area contributed by atoms with Gasteiger partial charge in [-0.25, -0.2) is 8.42 Å². The highest BCUT2D eigenvalue weighted by Crippen LogP contribution is 2.33. The maximum absolute atomic E-state index is 12.4. The van der Waals surface area contributed by atoms with Crippen molar-refractivity contribution in [1.29, 1.82) is 0 Å². The van der Waals surface area contributed by atoms with Gasteiger partial charge in [0.25, 0.3) is 0 Å². The fourth-order valence-corrected chi connectivity index (χ4v) is 3.28. The lowest BCUT2D eigenvalue weighted by Crippen LogP contribution is -2.27. The van der Waals surface area contributed by atoms with E-state index in [1.165, 1.54) is 32.4 Å². The van der Waals surface area contributed by atoms with E-state index in [2.05, 4.69) is 6.58 Å². The van der Waals surface area contributed by atoms with E-state index >= 15 is 0 Å². The molecule has 0 atom stereocenters. The molecule has 19 heavy (non-hydrogen) atoms. The maximum atomic E-state index is 12.4. The SMILES string of the molecule is C=CCN(C)S(=O)(=O)c1cc(Cl)cc(CO)c1OC. The summed E-state index contributed by atoms with van der Waals surface area (Å²) in [6.45, 7) is 3.29. The number of methoxy groups -OCH3 is 1. The van der Waals surface area contributed by atoms with Crippen molar-refractivity contribution in [2.45, 2.75) is 11.5 Å². The molecule has 0 heterocycles. The molecule has 0 aliphatic carbocycles.